The Morgan fingerprint density at radius 1 is 0.416 bits per heavy atom. The van der Waals surface area contributed by atoms with Crippen molar-refractivity contribution in [1.82, 2.24) is 29.1 Å². The Morgan fingerprint density at radius 3 is 1.79 bits per heavy atom. The quantitative estimate of drug-likeness (QED) is 0.163. The molecule has 2 unspecified atom stereocenters. The molecule has 0 saturated carbocycles. The summed E-state index contributed by atoms with van der Waals surface area (Å²) in [6.07, 6.45) is 5.87. The summed E-state index contributed by atoms with van der Waals surface area (Å²) in [5.74, 6) is 2.48. The van der Waals surface area contributed by atoms with E-state index in [-0.39, 0.29) is 0 Å². The van der Waals surface area contributed by atoms with E-state index in [9.17, 15) is 0 Å². The van der Waals surface area contributed by atoms with Crippen molar-refractivity contribution in [3.8, 4) is 34.2 Å². The van der Waals surface area contributed by atoms with Crippen molar-refractivity contribution in [2.45, 2.75) is 37.5 Å². The Balaban J connectivity index is 0.809. The SMILES string of the molecule is CC1(c2nc3c(nc2-n2c4ccccc4c4cc5ccccc5cc42)-c2ccccc2C3(C)Cc2ccc3c(c2)c2cc4ccccc4cc2n3-c2nc3c(nc2-c2ccc4oc5ccccc5c4c2)oc2ccccc23)C=Cc2c(oc3ccccc23)C1. The van der Waals surface area contributed by atoms with Crippen LogP contribution in [0.5, 0.6) is 0 Å². The molecule has 0 bridgehead atoms. The van der Waals surface area contributed by atoms with Crippen molar-refractivity contribution in [3.63, 3.8) is 0 Å². The highest BCUT2D eigenvalue weighted by molar-refractivity contribution is 6.16. The molecule has 418 valence electrons. The first-order valence-electron chi connectivity index (χ1n) is 30.5. The number of rotatable bonds is 6. The molecule has 2 atom stereocenters. The monoisotopic (exact) mass is 1140 g/mol. The Bertz CT molecular complexity index is 6190. The van der Waals surface area contributed by atoms with E-state index in [2.05, 4.69) is 223 Å². The summed E-state index contributed by atoms with van der Waals surface area (Å²) >= 11 is 0. The average molecular weight is 1140 g/mol. The maximum Gasteiger partial charge on any atom is 0.247 e. The number of allylic oxidation sites excluding steroid dienone is 1. The van der Waals surface area contributed by atoms with Gasteiger partial charge in [-0.15, -0.1) is 0 Å². The lowest BCUT2D eigenvalue weighted by Crippen LogP contribution is -2.32. The molecule has 0 radical (unpaired) electrons. The number of hydrogen-bond acceptors (Lipinski definition) is 7. The molecule has 0 spiro atoms. The van der Waals surface area contributed by atoms with Gasteiger partial charge >= 0.3 is 0 Å². The number of hydrogen-bond donors (Lipinski definition) is 0. The standard InChI is InChI=1S/C80H50N6O3/c1-79(36-35-54-52-22-9-14-28-66(52)88-70(54)44-79)75-77(86-62-27-13-8-21-51(62)58-38-46-17-3-5-19-48(46)41-64(58)86)81-72-55-24-7-12-26-61(55)80(2,74(72)84-75)43-45-31-33-63-57(37-45)59-39-47-18-4-6-20-49(47)42-65(59)85(63)76-71(83-78-73(82-76)56-25-11-16-30-68(56)89-78)50-32-34-69-60(40-50)53-23-10-15-29-67(53)87-69/h3-42H,43-44H2,1-2H3. The zero-order valence-electron chi connectivity index (χ0n) is 48.4. The van der Waals surface area contributed by atoms with Gasteiger partial charge in [-0.2, -0.15) is 0 Å². The lowest BCUT2D eigenvalue weighted by atomic mass is 9.75. The molecule has 0 N–H and O–H groups in total. The summed E-state index contributed by atoms with van der Waals surface area (Å²) < 4.78 is 24.4. The summed E-state index contributed by atoms with van der Waals surface area (Å²) in [5.41, 5.74) is 16.4. The molecule has 0 aliphatic heterocycles. The van der Waals surface area contributed by atoms with Crippen LogP contribution in [-0.4, -0.2) is 29.1 Å². The van der Waals surface area contributed by atoms with Gasteiger partial charge in [0.15, 0.2) is 11.6 Å². The Hall–Kier alpha value is -11.4. The average Bonchev–Trinajstić information content (AvgIpc) is 1.75. The van der Waals surface area contributed by atoms with E-state index in [0.717, 1.165) is 133 Å². The molecule has 9 heteroatoms. The third-order valence-corrected chi connectivity index (χ3v) is 19.6. The van der Waals surface area contributed by atoms with E-state index in [4.69, 9.17) is 33.2 Å². The van der Waals surface area contributed by atoms with Crippen LogP contribution < -0.4 is 0 Å². The van der Waals surface area contributed by atoms with Crippen LogP contribution in [0.2, 0.25) is 0 Å². The van der Waals surface area contributed by atoms with Gasteiger partial charge in [-0.3, -0.25) is 9.13 Å². The maximum absolute atomic E-state index is 6.77. The largest absolute Gasteiger partial charge is 0.460 e. The zero-order chi connectivity index (χ0) is 58.4. The second kappa shape index (κ2) is 17.6. The molecule has 0 saturated heterocycles. The van der Waals surface area contributed by atoms with Gasteiger partial charge in [0.2, 0.25) is 5.71 Å². The van der Waals surface area contributed by atoms with Crippen LogP contribution in [0.4, 0.5) is 0 Å². The number of furan rings is 3. The van der Waals surface area contributed by atoms with Gasteiger partial charge in [0.1, 0.15) is 39.3 Å². The van der Waals surface area contributed by atoms with Crippen molar-refractivity contribution in [2.24, 2.45) is 0 Å². The highest BCUT2D eigenvalue weighted by Gasteiger charge is 2.46. The van der Waals surface area contributed by atoms with Crippen molar-refractivity contribution >= 4 is 126 Å². The summed E-state index contributed by atoms with van der Waals surface area (Å²) in [5, 5.41) is 13.3. The molecule has 11 aromatic carbocycles. The summed E-state index contributed by atoms with van der Waals surface area (Å²) in [7, 11) is 0. The highest BCUT2D eigenvalue weighted by Crippen LogP contribution is 2.53. The fraction of sp³-hybridized carbons (Fsp3) is 0.0750. The molecule has 7 heterocycles. The summed E-state index contributed by atoms with van der Waals surface area (Å²) in [4.78, 5) is 23.3. The topological polar surface area (TPSA) is 101 Å². The van der Waals surface area contributed by atoms with Crippen LogP contribution in [0.25, 0.3) is 160 Å². The number of nitrogens with zero attached hydrogens (tertiary/aromatic N) is 6. The van der Waals surface area contributed by atoms with Crippen LogP contribution in [0.15, 0.2) is 250 Å². The molecular formula is C80H50N6O3. The van der Waals surface area contributed by atoms with Crippen LogP contribution in [0.1, 0.15) is 47.7 Å². The minimum absolute atomic E-state index is 0.482. The first-order chi connectivity index (χ1) is 43.8. The van der Waals surface area contributed by atoms with Gasteiger partial charge in [0.25, 0.3) is 0 Å². The van der Waals surface area contributed by atoms with Gasteiger partial charge in [0, 0.05) is 77.0 Å². The minimum Gasteiger partial charge on any atom is -0.460 e. The minimum atomic E-state index is -0.627. The van der Waals surface area contributed by atoms with E-state index in [1.54, 1.807) is 0 Å². The first kappa shape index (κ1) is 48.8. The van der Waals surface area contributed by atoms with E-state index < -0.39 is 10.8 Å². The predicted octanol–water partition coefficient (Wildman–Crippen LogP) is 20.0. The predicted molar refractivity (Wildman–Crippen MR) is 360 cm³/mol. The van der Waals surface area contributed by atoms with Gasteiger partial charge < -0.3 is 13.3 Å². The highest BCUT2D eigenvalue weighted by atomic mass is 16.3. The van der Waals surface area contributed by atoms with Gasteiger partial charge in [-0.25, -0.2) is 19.9 Å². The van der Waals surface area contributed by atoms with Crippen LogP contribution in [0.3, 0.4) is 0 Å². The number of para-hydroxylation sites is 4. The molecule has 2 aliphatic rings. The molecule has 9 nitrogen and oxygen atoms in total. The fourth-order valence-corrected chi connectivity index (χ4v) is 15.4. The van der Waals surface area contributed by atoms with E-state index in [1.807, 2.05) is 42.5 Å². The molecule has 20 rings (SSSR count). The third kappa shape index (κ3) is 6.84. The van der Waals surface area contributed by atoms with E-state index >= 15 is 0 Å². The second-order valence-corrected chi connectivity index (χ2v) is 24.9. The van der Waals surface area contributed by atoms with Crippen LogP contribution in [0, 0.1) is 0 Å². The molecule has 18 aromatic rings. The maximum atomic E-state index is 6.77. The van der Waals surface area contributed by atoms with E-state index in [1.165, 1.54) is 32.7 Å². The summed E-state index contributed by atoms with van der Waals surface area (Å²) in [6, 6.07) is 82.2. The Morgan fingerprint density at radius 2 is 1.01 bits per heavy atom. The van der Waals surface area contributed by atoms with Crippen LogP contribution >= 0.6 is 0 Å². The van der Waals surface area contributed by atoms with Crippen LogP contribution in [-0.2, 0) is 23.7 Å². The first-order valence-corrected chi connectivity index (χ1v) is 30.5. The van der Waals surface area contributed by atoms with Gasteiger partial charge in [0.05, 0.1) is 39.1 Å². The number of fused-ring (bicyclic) bond motifs is 20. The normalized spacial score (nSPS) is 16.5. The molecule has 89 heavy (non-hydrogen) atoms. The second-order valence-electron chi connectivity index (χ2n) is 24.9. The molecule has 2 aliphatic carbocycles. The Labute approximate surface area is 508 Å². The van der Waals surface area contributed by atoms with E-state index in [0.29, 0.717) is 35.6 Å². The van der Waals surface area contributed by atoms with Crippen molar-refractivity contribution in [3.05, 3.63) is 270 Å². The Kier molecular flexibility index (Phi) is 9.65. The molecular weight excluding hydrogens is 1090 g/mol. The summed E-state index contributed by atoms with van der Waals surface area (Å²) in [6.45, 7) is 4.70. The lowest BCUT2D eigenvalue weighted by molar-refractivity contribution is 0.461. The molecule has 0 fully saturated rings. The third-order valence-electron chi connectivity index (χ3n) is 19.6. The number of aromatic nitrogens is 6. The zero-order valence-corrected chi connectivity index (χ0v) is 48.4. The fourth-order valence-electron chi connectivity index (χ4n) is 15.4. The van der Waals surface area contributed by atoms with Crippen molar-refractivity contribution in [1.29, 1.82) is 0 Å². The lowest BCUT2D eigenvalue weighted by Gasteiger charge is -2.32. The molecule has 7 aromatic heterocycles. The van der Waals surface area contributed by atoms with Crippen molar-refractivity contribution in [2.75, 3.05) is 0 Å². The van der Waals surface area contributed by atoms with Gasteiger partial charge in [-0.05, 0) is 138 Å². The number of benzene rings is 11. The smallest absolute Gasteiger partial charge is 0.247 e. The molecule has 0 amide bonds. The van der Waals surface area contributed by atoms with Crippen molar-refractivity contribution < 1.29 is 13.3 Å². The van der Waals surface area contributed by atoms with Gasteiger partial charge in [-0.1, -0.05) is 158 Å².